The van der Waals surface area contributed by atoms with Gasteiger partial charge in [0.2, 0.25) is 0 Å². The molecule has 0 saturated heterocycles. The van der Waals surface area contributed by atoms with E-state index in [1.807, 2.05) is 48.5 Å². The van der Waals surface area contributed by atoms with Crippen LogP contribution in [0.3, 0.4) is 0 Å². The number of aliphatic imine (C=N–C) groups is 6. The number of hydrogen-bond acceptors (Lipinski definition) is 9. The molecule has 126 heavy (non-hydrogen) atoms. The minimum Gasteiger partial charge on any atom is -0.520 e. The van der Waals surface area contributed by atoms with Crippen molar-refractivity contribution < 1.29 is 135 Å². The van der Waals surface area contributed by atoms with E-state index in [1.165, 1.54) is 173 Å². The van der Waals surface area contributed by atoms with Gasteiger partial charge in [-0.05, 0) is 148 Å². The van der Waals surface area contributed by atoms with Crippen LogP contribution in [0.25, 0.3) is 98.0 Å². The van der Waals surface area contributed by atoms with Gasteiger partial charge in [0.1, 0.15) is 17.4 Å². The van der Waals surface area contributed by atoms with Gasteiger partial charge in [-0.15, -0.1) is 142 Å². The molecule has 22 rings (SSSR count). The maximum absolute atomic E-state index is 5.85. The van der Waals surface area contributed by atoms with Gasteiger partial charge in [-0.3, -0.25) is 9.98 Å². The van der Waals surface area contributed by atoms with Crippen molar-refractivity contribution in [3.8, 4) is 11.1 Å². The van der Waals surface area contributed by atoms with Crippen molar-refractivity contribution in [1.29, 1.82) is 0 Å². The van der Waals surface area contributed by atoms with Crippen LogP contribution in [0.15, 0.2) is 265 Å². The Morgan fingerprint density at radius 1 is 0.317 bits per heavy atom. The van der Waals surface area contributed by atoms with Crippen LogP contribution >= 0.6 is 0 Å². The minimum absolute atomic E-state index is 0. The summed E-state index contributed by atoms with van der Waals surface area (Å²) in [6.45, 7) is 30.0. The molecular weight excluding hydrogens is 2620 g/mol. The van der Waals surface area contributed by atoms with Gasteiger partial charge in [-0.1, -0.05) is 286 Å². The first-order chi connectivity index (χ1) is 58.2. The van der Waals surface area contributed by atoms with Gasteiger partial charge in [0.25, 0.3) is 0 Å². The standard InChI is InChI=1S/C22H24N.C21H20N.C20H21N2.C17H18N.C16H12NO2.C14H12NO.6Ir/c1-21(2)12-7-13-23-20(21)15-10-11-17-16-8-5-6-9-18(16)22(3,4)19(17)14-15;1-21(2)12-7-13-22-20(21)19-14-15-8-3-4-9-16(15)17-10-5-6-11-18(17)19;1-20(2)11-6-12-21-19(20)14-9-10-16-15-7-4-5-8-17(15)22(3)18(16)13-14;1-17(2)10-5-11-18-16(17)15-9-8-13-6-3-4-7-14(13)12-15;1-2-5-14-12(4-1)13-7-6-11(10-15(13)19-14)16-17-8-3-9-18-16;1-2-7-12-11(5-1)6-3-8-13(12)14-15-9-4-10-16-14;;;;;;/h5-6,8-9,11,14H,7,12-13H2,1-4H3;3-6,8-11H,7,12-13H2,1-2H3;4-5,7-8,10,13H,6,11-12H2,1-3H3;3-4,6-9H,5,10-11H2,1-2H3;1-2,4-5,7,10H,3,8-9H2;1-3,5-7H,4,9-10H2;;;;;;/q6*-1;;;;;;. The molecule has 660 valence electrons. The number of rotatable bonds is 6. The Balaban J connectivity index is 0.000000146. The molecule has 0 saturated carbocycles. The predicted molar refractivity (Wildman–Crippen MR) is 502 cm³/mol. The third kappa shape index (κ3) is 20.9. The van der Waals surface area contributed by atoms with Gasteiger partial charge in [0, 0.05) is 172 Å². The molecule has 2 aromatic heterocycles. The summed E-state index contributed by atoms with van der Waals surface area (Å²) in [5.74, 6) is 1.41. The van der Waals surface area contributed by atoms with Crippen LogP contribution in [-0.2, 0) is 143 Å². The average Bonchev–Trinajstić information content (AvgIpc) is 1.58. The first kappa shape index (κ1) is 98.6. The second-order valence-electron chi connectivity index (χ2n) is 35.9. The fraction of sp³-hybridized carbons (Fsp3) is 0.309. The van der Waals surface area contributed by atoms with Gasteiger partial charge in [0.05, 0.1) is 18.8 Å². The van der Waals surface area contributed by atoms with Crippen LogP contribution in [0.5, 0.6) is 0 Å². The number of ether oxygens (including phenoxy) is 2. The number of hydrogen-bond donors (Lipinski definition) is 0. The molecule has 0 atom stereocenters. The second kappa shape index (κ2) is 42.7. The number of benzene rings is 13. The van der Waals surface area contributed by atoms with Crippen molar-refractivity contribution in [3.63, 3.8) is 0 Å². The van der Waals surface area contributed by atoms with Crippen LogP contribution < -0.4 is 0 Å². The maximum Gasteiger partial charge on any atom is 0.130 e. The second-order valence-corrected chi connectivity index (χ2v) is 35.9. The molecule has 8 heterocycles. The molecule has 0 amide bonds. The fourth-order valence-corrected chi connectivity index (χ4v) is 18.7. The average molecular weight is 2730 g/mol. The Kier molecular flexibility index (Phi) is 33.4. The van der Waals surface area contributed by atoms with E-state index in [0.717, 1.165) is 115 Å². The molecule has 6 radical (unpaired) electrons. The molecule has 13 aromatic carbocycles. The van der Waals surface area contributed by atoms with E-state index in [1.54, 1.807) is 0 Å². The molecule has 7 aliphatic rings. The summed E-state index contributed by atoms with van der Waals surface area (Å²) in [5, 5.41) is 14.6. The summed E-state index contributed by atoms with van der Waals surface area (Å²) < 4.78 is 19.3. The third-order valence-electron chi connectivity index (χ3n) is 25.2. The molecule has 0 bridgehead atoms. The number of nitrogens with zero attached hydrogens (tertiary/aromatic N) is 7. The summed E-state index contributed by atoms with van der Waals surface area (Å²) in [7, 11) is 2.14. The Labute approximate surface area is 824 Å². The Hall–Kier alpha value is -7.98. The molecule has 10 nitrogen and oxygen atoms in total. The van der Waals surface area contributed by atoms with Crippen molar-refractivity contribution in [2.45, 2.75) is 139 Å². The van der Waals surface area contributed by atoms with E-state index in [9.17, 15) is 0 Å². The molecular formula is C110H107Ir6N7O3-6. The normalized spacial score (nSPS) is 16.9. The van der Waals surface area contributed by atoms with Gasteiger partial charge >= 0.3 is 0 Å². The van der Waals surface area contributed by atoms with Crippen LogP contribution in [0.4, 0.5) is 0 Å². The van der Waals surface area contributed by atoms with Crippen molar-refractivity contribution in [2.75, 3.05) is 52.5 Å². The van der Waals surface area contributed by atoms with Crippen LogP contribution in [0.2, 0.25) is 0 Å². The van der Waals surface area contributed by atoms with Gasteiger partial charge in [-0.2, -0.15) is 0 Å². The van der Waals surface area contributed by atoms with E-state index in [2.05, 4.69) is 309 Å². The van der Waals surface area contributed by atoms with Crippen LogP contribution in [0.1, 0.15) is 178 Å². The van der Waals surface area contributed by atoms with E-state index in [0.29, 0.717) is 5.90 Å². The summed E-state index contributed by atoms with van der Waals surface area (Å²) in [4.78, 5) is 28.1. The molecule has 16 heteroatoms. The zero-order valence-electron chi connectivity index (χ0n) is 73.5. The zero-order chi connectivity index (χ0) is 82.8. The van der Waals surface area contributed by atoms with Crippen molar-refractivity contribution in [1.82, 2.24) is 4.57 Å². The summed E-state index contributed by atoms with van der Waals surface area (Å²) in [6, 6.07) is 101. The molecule has 1 aliphatic carbocycles. The first-order valence-electron chi connectivity index (χ1n) is 43.3. The van der Waals surface area contributed by atoms with Gasteiger partial charge in [0.15, 0.2) is 0 Å². The van der Waals surface area contributed by atoms with E-state index >= 15 is 0 Å². The molecule has 0 N–H and O–H groups in total. The molecule has 0 spiro atoms. The number of aromatic nitrogens is 1. The Bertz CT molecular complexity index is 6600. The Morgan fingerprint density at radius 2 is 0.810 bits per heavy atom. The maximum atomic E-state index is 5.85. The number of fused-ring (bicyclic) bond motifs is 14. The van der Waals surface area contributed by atoms with E-state index < -0.39 is 0 Å². The smallest absolute Gasteiger partial charge is 0.130 e. The first-order valence-corrected chi connectivity index (χ1v) is 43.3. The molecule has 15 aromatic rings. The zero-order valence-corrected chi connectivity index (χ0v) is 87.9. The Morgan fingerprint density at radius 3 is 1.44 bits per heavy atom. The van der Waals surface area contributed by atoms with Crippen LogP contribution in [0, 0.1) is 58.1 Å². The quantitative estimate of drug-likeness (QED) is 0.122. The molecule has 6 aliphatic heterocycles. The minimum atomic E-state index is 0. The summed E-state index contributed by atoms with van der Waals surface area (Å²) >= 11 is 0. The monoisotopic (exact) mass is 2730 g/mol. The molecule has 0 unspecified atom stereocenters. The van der Waals surface area contributed by atoms with E-state index in [4.69, 9.17) is 33.9 Å². The van der Waals surface area contributed by atoms with Crippen molar-refractivity contribution in [3.05, 3.63) is 311 Å². The number of aryl methyl sites for hydroxylation is 1. The summed E-state index contributed by atoms with van der Waals surface area (Å²) in [5.41, 5.74) is 21.9. The SMILES string of the molecule is CC1(C)CCCN=C1c1[c-]c2ccccc2c2ccccc12.CC1(C)CCCN=C1c1[c-]c2ccccc2cc1.CC1(C)CCCN=C1c1[c-]cc2c(c1)C(C)(C)c1ccccc1-2.Cn1c2ccccc2c2c[c-]c(C3=NCCCC3(C)C)cc21.[Ir].[Ir].[Ir].[Ir].[Ir].[Ir].[c-]1cc2c(cc1C1=NCCCO1)oc1ccccc12.[c-]1ccc2ccccc2c1C1=NCCCO1. The van der Waals surface area contributed by atoms with Gasteiger partial charge < -0.3 is 38.4 Å². The predicted octanol–water partition coefficient (Wildman–Crippen LogP) is 26.1. The largest absolute Gasteiger partial charge is 0.520 e. The number of furan rings is 1. The summed E-state index contributed by atoms with van der Waals surface area (Å²) in [6.07, 6.45) is 11.6. The fourth-order valence-electron chi connectivity index (χ4n) is 18.7. The molecule has 0 fully saturated rings. The third-order valence-corrected chi connectivity index (χ3v) is 25.2. The topological polar surface area (TPSA) is 111 Å². The van der Waals surface area contributed by atoms with Crippen molar-refractivity contribution >= 4 is 121 Å². The van der Waals surface area contributed by atoms with E-state index in [-0.39, 0.29) is 148 Å². The van der Waals surface area contributed by atoms with Crippen LogP contribution in [-0.4, -0.2) is 91.7 Å². The van der Waals surface area contributed by atoms with Crippen molar-refractivity contribution in [2.24, 2.45) is 58.7 Å². The number of para-hydroxylation sites is 2. The van der Waals surface area contributed by atoms with Gasteiger partial charge in [-0.25, -0.2) is 0 Å².